The fraction of sp³-hybridized carbons (Fsp3) is 0.545. The first-order valence-corrected chi connectivity index (χ1v) is 11.7. The number of carbonyl (C=O) groups excluding carboxylic acids is 2. The van der Waals surface area contributed by atoms with E-state index in [9.17, 15) is 9.59 Å². The summed E-state index contributed by atoms with van der Waals surface area (Å²) < 4.78 is 1.95. The van der Waals surface area contributed by atoms with Gasteiger partial charge < -0.3 is 15.6 Å². The zero-order valence-electron chi connectivity index (χ0n) is 17.4. The monoisotopic (exact) mass is 427 g/mol. The molecule has 1 heterocycles. The van der Waals surface area contributed by atoms with E-state index >= 15 is 0 Å². The fourth-order valence-electron chi connectivity index (χ4n) is 4.00. The standard InChI is InChI=1S/C22H29N5O2S/c1-14(17-9-6-15-4-2-3-5-18(15)12-17)24-20(29)13-30-22-26-25-21(16-7-8-16)27(22)11-10-19(23)28/h6,9,12,14,16H,2-5,7-8,10-11,13H2,1H3,(H2,23,28)(H,24,29)/t14-/m1/s1. The molecule has 0 saturated heterocycles. The third-order valence-electron chi connectivity index (χ3n) is 5.85. The molecule has 1 aromatic heterocycles. The molecule has 2 aromatic rings. The van der Waals surface area contributed by atoms with E-state index < -0.39 is 0 Å². The van der Waals surface area contributed by atoms with Gasteiger partial charge in [-0.2, -0.15) is 0 Å². The van der Waals surface area contributed by atoms with Gasteiger partial charge in [-0.05, 0) is 62.1 Å². The van der Waals surface area contributed by atoms with Crippen LogP contribution >= 0.6 is 11.8 Å². The predicted octanol–water partition coefficient (Wildman–Crippen LogP) is 2.88. The van der Waals surface area contributed by atoms with Crippen LogP contribution in [0.5, 0.6) is 0 Å². The molecule has 7 nitrogen and oxygen atoms in total. The first-order valence-electron chi connectivity index (χ1n) is 10.8. The molecule has 1 fully saturated rings. The number of aromatic nitrogens is 3. The highest BCUT2D eigenvalue weighted by atomic mass is 32.2. The molecule has 0 radical (unpaired) electrons. The number of aryl methyl sites for hydroxylation is 2. The normalized spacial score (nSPS) is 16.7. The van der Waals surface area contributed by atoms with Gasteiger partial charge in [-0.3, -0.25) is 9.59 Å². The van der Waals surface area contributed by atoms with E-state index in [1.807, 2.05) is 11.5 Å². The van der Waals surface area contributed by atoms with Crippen molar-refractivity contribution in [3.8, 4) is 0 Å². The average molecular weight is 428 g/mol. The maximum Gasteiger partial charge on any atom is 0.230 e. The van der Waals surface area contributed by atoms with Gasteiger partial charge in [-0.1, -0.05) is 30.0 Å². The maximum atomic E-state index is 12.6. The minimum Gasteiger partial charge on any atom is -0.370 e. The van der Waals surface area contributed by atoms with E-state index in [1.54, 1.807) is 0 Å². The fourth-order valence-corrected chi connectivity index (χ4v) is 4.78. The van der Waals surface area contributed by atoms with Gasteiger partial charge in [0.2, 0.25) is 11.8 Å². The van der Waals surface area contributed by atoms with E-state index in [2.05, 4.69) is 33.7 Å². The average Bonchev–Trinajstić information content (AvgIpc) is 3.50. The van der Waals surface area contributed by atoms with Gasteiger partial charge in [0, 0.05) is 18.9 Å². The molecule has 0 spiro atoms. The largest absolute Gasteiger partial charge is 0.370 e. The van der Waals surface area contributed by atoms with Crippen molar-refractivity contribution >= 4 is 23.6 Å². The Balaban J connectivity index is 1.35. The van der Waals surface area contributed by atoms with Crippen LogP contribution in [0.3, 0.4) is 0 Å². The van der Waals surface area contributed by atoms with E-state index in [4.69, 9.17) is 5.73 Å². The summed E-state index contributed by atoms with van der Waals surface area (Å²) >= 11 is 1.36. The Morgan fingerprint density at radius 2 is 2.00 bits per heavy atom. The molecule has 4 rings (SSSR count). The molecule has 2 aliphatic rings. The van der Waals surface area contributed by atoms with Crippen molar-refractivity contribution in [3.63, 3.8) is 0 Å². The van der Waals surface area contributed by atoms with Crippen molar-refractivity contribution in [1.29, 1.82) is 0 Å². The van der Waals surface area contributed by atoms with Crippen LogP contribution in [0.15, 0.2) is 23.4 Å². The Morgan fingerprint density at radius 3 is 2.73 bits per heavy atom. The lowest BCUT2D eigenvalue weighted by Gasteiger charge is -2.20. The molecule has 0 unspecified atom stereocenters. The lowest BCUT2D eigenvalue weighted by atomic mass is 9.89. The minimum atomic E-state index is -0.349. The van der Waals surface area contributed by atoms with Crippen LogP contribution < -0.4 is 11.1 Å². The summed E-state index contributed by atoms with van der Waals surface area (Å²) in [6.07, 6.45) is 7.23. The van der Waals surface area contributed by atoms with Gasteiger partial charge in [0.25, 0.3) is 0 Å². The molecule has 2 aliphatic carbocycles. The zero-order valence-corrected chi connectivity index (χ0v) is 18.2. The summed E-state index contributed by atoms with van der Waals surface area (Å²) in [6.45, 7) is 2.48. The number of thioether (sulfide) groups is 1. The highest BCUT2D eigenvalue weighted by Crippen LogP contribution is 2.40. The number of primary amides is 1. The third kappa shape index (κ3) is 5.03. The second-order valence-corrected chi connectivity index (χ2v) is 9.24. The Labute approximate surface area is 181 Å². The van der Waals surface area contributed by atoms with E-state index in [1.165, 1.54) is 35.7 Å². The molecule has 0 aliphatic heterocycles. The van der Waals surface area contributed by atoms with Crippen LogP contribution in [0.1, 0.15) is 73.5 Å². The molecular weight excluding hydrogens is 398 g/mol. The molecule has 2 amide bonds. The molecule has 30 heavy (non-hydrogen) atoms. The van der Waals surface area contributed by atoms with Crippen molar-refractivity contribution in [2.45, 2.75) is 75.5 Å². The van der Waals surface area contributed by atoms with Gasteiger partial charge in [0.1, 0.15) is 5.82 Å². The van der Waals surface area contributed by atoms with Gasteiger partial charge >= 0.3 is 0 Å². The van der Waals surface area contributed by atoms with Crippen LogP contribution in [-0.2, 0) is 29.0 Å². The predicted molar refractivity (Wildman–Crippen MR) is 116 cm³/mol. The van der Waals surface area contributed by atoms with Gasteiger partial charge in [-0.25, -0.2) is 0 Å². The second-order valence-electron chi connectivity index (χ2n) is 8.30. The lowest BCUT2D eigenvalue weighted by Crippen LogP contribution is -2.28. The summed E-state index contributed by atoms with van der Waals surface area (Å²) in [6, 6.07) is 6.54. The van der Waals surface area contributed by atoms with Crippen molar-refractivity contribution in [3.05, 3.63) is 40.7 Å². The number of nitrogens with zero attached hydrogens (tertiary/aromatic N) is 3. The molecule has 1 saturated carbocycles. The van der Waals surface area contributed by atoms with Crippen LogP contribution in [0, 0.1) is 0 Å². The number of nitrogens with two attached hydrogens (primary N) is 1. The number of benzene rings is 1. The number of hydrogen-bond donors (Lipinski definition) is 2. The highest BCUT2D eigenvalue weighted by Gasteiger charge is 2.30. The van der Waals surface area contributed by atoms with Crippen LogP contribution in [0.4, 0.5) is 0 Å². The minimum absolute atomic E-state index is 0.0392. The Kier molecular flexibility index (Phi) is 6.41. The molecule has 3 N–H and O–H groups in total. The topological polar surface area (TPSA) is 103 Å². The number of amides is 2. The molecule has 0 bridgehead atoms. The molecule has 1 atom stereocenters. The Morgan fingerprint density at radius 1 is 1.23 bits per heavy atom. The number of fused-ring (bicyclic) bond motifs is 1. The number of nitrogens with one attached hydrogen (secondary N) is 1. The highest BCUT2D eigenvalue weighted by molar-refractivity contribution is 7.99. The third-order valence-corrected chi connectivity index (χ3v) is 6.82. The molecule has 8 heteroatoms. The lowest BCUT2D eigenvalue weighted by molar-refractivity contribution is -0.119. The summed E-state index contributed by atoms with van der Waals surface area (Å²) in [5.74, 6) is 1.19. The van der Waals surface area contributed by atoms with Gasteiger partial charge in [-0.15, -0.1) is 10.2 Å². The van der Waals surface area contributed by atoms with Gasteiger partial charge in [0.15, 0.2) is 5.16 Å². The van der Waals surface area contributed by atoms with Crippen molar-refractivity contribution in [1.82, 2.24) is 20.1 Å². The summed E-state index contributed by atoms with van der Waals surface area (Å²) in [4.78, 5) is 23.8. The number of carbonyl (C=O) groups is 2. The number of hydrogen-bond acceptors (Lipinski definition) is 5. The van der Waals surface area contributed by atoms with Crippen molar-refractivity contribution in [2.75, 3.05) is 5.75 Å². The second kappa shape index (κ2) is 9.20. The zero-order chi connectivity index (χ0) is 21.1. The van der Waals surface area contributed by atoms with Crippen LogP contribution in [-0.4, -0.2) is 32.3 Å². The summed E-state index contributed by atoms with van der Waals surface area (Å²) in [5, 5.41) is 12.3. The molecule has 1 aromatic carbocycles. The van der Waals surface area contributed by atoms with Gasteiger partial charge in [0.05, 0.1) is 11.8 Å². The summed E-state index contributed by atoms with van der Waals surface area (Å²) in [7, 11) is 0. The quantitative estimate of drug-likeness (QED) is 0.599. The van der Waals surface area contributed by atoms with E-state index in [-0.39, 0.29) is 30.0 Å². The summed E-state index contributed by atoms with van der Waals surface area (Å²) in [5.41, 5.74) is 9.33. The molecule has 160 valence electrons. The first-order chi connectivity index (χ1) is 14.5. The Bertz CT molecular complexity index is 938. The maximum absolute atomic E-state index is 12.6. The number of rotatable bonds is 9. The Hall–Kier alpha value is -2.35. The van der Waals surface area contributed by atoms with Crippen LogP contribution in [0.2, 0.25) is 0 Å². The van der Waals surface area contributed by atoms with Crippen molar-refractivity contribution in [2.24, 2.45) is 5.73 Å². The van der Waals surface area contributed by atoms with E-state index in [0.29, 0.717) is 17.6 Å². The first kappa shape index (κ1) is 20.9. The SMILES string of the molecule is C[C@@H](NC(=O)CSc1nnc(C2CC2)n1CCC(N)=O)c1ccc2c(c1)CCCC2. The smallest absolute Gasteiger partial charge is 0.230 e. The van der Waals surface area contributed by atoms with E-state index in [0.717, 1.165) is 37.1 Å². The van der Waals surface area contributed by atoms with Crippen LogP contribution in [0.25, 0.3) is 0 Å². The molecular formula is C22H29N5O2S. The van der Waals surface area contributed by atoms with Crippen molar-refractivity contribution < 1.29 is 9.59 Å².